The molecule has 0 saturated heterocycles. The Balaban J connectivity index is 2.21. The van der Waals surface area contributed by atoms with Crippen molar-refractivity contribution in [2.24, 2.45) is 0 Å². The van der Waals surface area contributed by atoms with Crippen LogP contribution in [0.4, 0.5) is 0 Å². The van der Waals surface area contributed by atoms with Crippen LogP contribution in [0.15, 0.2) is 48.5 Å². The molecule has 0 saturated carbocycles. The molecule has 8 nitrogen and oxygen atoms in total. The maximum atomic E-state index is 13.0. The number of hydrogen-bond acceptors (Lipinski definition) is 8. The highest BCUT2D eigenvalue weighted by Gasteiger charge is 2.35. The van der Waals surface area contributed by atoms with Gasteiger partial charge in [-0.3, -0.25) is 0 Å². The van der Waals surface area contributed by atoms with Gasteiger partial charge in [0.15, 0.2) is 34.1 Å². The summed E-state index contributed by atoms with van der Waals surface area (Å²) in [5, 5.41) is 22.7. The zero-order valence-electron chi connectivity index (χ0n) is 24.4. The average molecular weight is 551 g/mol. The molecule has 0 aliphatic heterocycles. The first-order chi connectivity index (χ1) is 18.7. The van der Waals surface area contributed by atoms with E-state index in [1.165, 1.54) is 0 Å². The molecular weight excluding hydrogens is 512 g/mol. The van der Waals surface area contributed by atoms with Crippen LogP contribution in [0.2, 0.25) is 0 Å². The Bertz CT molecular complexity index is 1250. The average Bonchev–Trinajstić information content (AvgIpc) is 2.87. The third kappa shape index (κ3) is 6.68. The number of phenols is 2. The lowest BCUT2D eigenvalue weighted by molar-refractivity contribution is 0.0498. The van der Waals surface area contributed by atoms with Gasteiger partial charge in [0.1, 0.15) is 11.5 Å². The van der Waals surface area contributed by atoms with Crippen LogP contribution in [0.1, 0.15) is 87.2 Å². The molecule has 3 aromatic rings. The van der Waals surface area contributed by atoms with E-state index in [4.69, 9.17) is 18.9 Å². The minimum atomic E-state index is -0.972. The highest BCUT2D eigenvalue weighted by molar-refractivity contribution is 6.05. The predicted molar refractivity (Wildman–Crippen MR) is 152 cm³/mol. The fourth-order valence-corrected chi connectivity index (χ4v) is 3.94. The summed E-state index contributed by atoms with van der Waals surface area (Å²) in [5.74, 6) is -3.82. The molecular formula is C32H38O8. The van der Waals surface area contributed by atoms with Crippen LogP contribution in [0, 0.1) is 0 Å². The van der Waals surface area contributed by atoms with Gasteiger partial charge in [0.2, 0.25) is 0 Å². The minimum Gasteiger partial charge on any atom is -0.504 e. The number of ether oxygens (including phenoxy) is 4. The van der Waals surface area contributed by atoms with Crippen molar-refractivity contribution in [1.29, 1.82) is 0 Å². The number of benzene rings is 3. The van der Waals surface area contributed by atoms with E-state index in [2.05, 4.69) is 41.5 Å². The monoisotopic (exact) mass is 550 g/mol. The van der Waals surface area contributed by atoms with Crippen LogP contribution >= 0.6 is 0 Å². The highest BCUT2D eigenvalue weighted by atomic mass is 16.5. The summed E-state index contributed by atoms with van der Waals surface area (Å²) in [6, 6.07) is 14.0. The molecule has 8 heteroatoms. The van der Waals surface area contributed by atoms with Crippen molar-refractivity contribution in [3.63, 3.8) is 0 Å². The molecule has 3 rings (SSSR count). The fourth-order valence-electron chi connectivity index (χ4n) is 3.94. The second-order valence-electron chi connectivity index (χ2n) is 11.3. The van der Waals surface area contributed by atoms with Gasteiger partial charge in [-0.1, -0.05) is 65.8 Å². The van der Waals surface area contributed by atoms with Gasteiger partial charge in [-0.2, -0.15) is 0 Å². The molecule has 0 amide bonds. The van der Waals surface area contributed by atoms with E-state index in [0.29, 0.717) is 0 Å². The van der Waals surface area contributed by atoms with Crippen molar-refractivity contribution in [1.82, 2.24) is 0 Å². The van der Waals surface area contributed by atoms with Gasteiger partial charge in [0.05, 0.1) is 13.2 Å². The normalized spacial score (nSPS) is 11.6. The van der Waals surface area contributed by atoms with Crippen LogP contribution in [-0.4, -0.2) is 35.4 Å². The Morgan fingerprint density at radius 3 is 1.15 bits per heavy atom. The summed E-state index contributed by atoms with van der Waals surface area (Å²) in [5.41, 5.74) is 0.853. The minimum absolute atomic E-state index is 0.0111. The molecule has 3 aromatic carbocycles. The summed E-state index contributed by atoms with van der Waals surface area (Å²) < 4.78 is 22.1. The number of aromatic hydroxyl groups is 2. The summed E-state index contributed by atoms with van der Waals surface area (Å²) in [4.78, 5) is 26.1. The molecule has 0 unspecified atom stereocenters. The van der Waals surface area contributed by atoms with Gasteiger partial charge in [-0.15, -0.1) is 0 Å². The summed E-state index contributed by atoms with van der Waals surface area (Å²) >= 11 is 0. The summed E-state index contributed by atoms with van der Waals surface area (Å²) in [6.45, 7) is 15.5. The zero-order chi connectivity index (χ0) is 29.8. The number of hydrogen-bond donors (Lipinski definition) is 2. The van der Waals surface area contributed by atoms with E-state index in [1.54, 1.807) is 38.1 Å². The van der Waals surface area contributed by atoms with Gasteiger partial charge >= 0.3 is 11.9 Å². The Labute approximate surface area is 235 Å². The van der Waals surface area contributed by atoms with E-state index in [1.807, 2.05) is 24.3 Å². The molecule has 0 fully saturated rings. The van der Waals surface area contributed by atoms with Gasteiger partial charge in [0.25, 0.3) is 0 Å². The zero-order valence-corrected chi connectivity index (χ0v) is 24.4. The Kier molecular flexibility index (Phi) is 9.03. The van der Waals surface area contributed by atoms with Crippen LogP contribution in [0.3, 0.4) is 0 Å². The maximum absolute atomic E-state index is 13.0. The van der Waals surface area contributed by atoms with Crippen molar-refractivity contribution < 1.29 is 38.7 Å². The highest BCUT2D eigenvalue weighted by Crippen LogP contribution is 2.51. The smallest absolute Gasteiger partial charge is 0.346 e. The molecule has 0 aliphatic carbocycles. The lowest BCUT2D eigenvalue weighted by Crippen LogP contribution is -2.13. The standard InChI is InChI=1S/C32H38O8/c1-9-37-29(35)23-25(33)28(40-22-17-13-20(14-18-22)32(6,7)8)24(30(36)38-10-2)26(34)27(23)39-21-15-11-19(12-16-21)31(3,4)5/h11-18,33-34H,9-10H2,1-8H3. The third-order valence-corrected chi connectivity index (χ3v) is 6.20. The molecule has 2 N–H and O–H groups in total. The molecule has 0 aromatic heterocycles. The number of carbonyl (C=O) groups excluding carboxylic acids is 2. The quantitative estimate of drug-likeness (QED) is 0.217. The fraction of sp³-hybridized carbons (Fsp3) is 0.375. The molecule has 0 bridgehead atoms. The maximum Gasteiger partial charge on any atom is 0.346 e. The first-order valence-corrected chi connectivity index (χ1v) is 13.2. The SMILES string of the molecule is CCOC(=O)c1c(O)c(Oc2ccc(C(C)(C)C)cc2)c(C(=O)OCC)c(O)c1Oc1ccc(C(C)(C)C)cc1. The van der Waals surface area contributed by atoms with Crippen LogP contribution in [-0.2, 0) is 20.3 Å². The molecule has 0 heterocycles. The Hall–Kier alpha value is -4.20. The van der Waals surface area contributed by atoms with Gasteiger partial charge in [-0.25, -0.2) is 9.59 Å². The van der Waals surface area contributed by atoms with E-state index in [0.717, 1.165) is 11.1 Å². The molecule has 0 atom stereocenters. The number of carbonyl (C=O) groups is 2. The Morgan fingerprint density at radius 1 is 0.600 bits per heavy atom. The van der Waals surface area contributed by atoms with E-state index >= 15 is 0 Å². The topological polar surface area (TPSA) is 112 Å². The van der Waals surface area contributed by atoms with Gasteiger partial charge in [-0.05, 0) is 60.1 Å². The number of rotatable bonds is 8. The molecule has 0 aliphatic rings. The largest absolute Gasteiger partial charge is 0.504 e. The van der Waals surface area contributed by atoms with Crippen LogP contribution in [0.5, 0.6) is 34.5 Å². The molecule has 0 radical (unpaired) electrons. The van der Waals surface area contributed by atoms with Crippen molar-refractivity contribution in [2.45, 2.75) is 66.2 Å². The second kappa shape index (κ2) is 11.9. The van der Waals surface area contributed by atoms with Gasteiger partial charge in [0, 0.05) is 0 Å². The van der Waals surface area contributed by atoms with Gasteiger partial charge < -0.3 is 29.2 Å². The summed E-state index contributed by atoms with van der Waals surface area (Å²) in [7, 11) is 0. The first-order valence-electron chi connectivity index (χ1n) is 13.2. The lowest BCUT2D eigenvalue weighted by Gasteiger charge is -2.22. The van der Waals surface area contributed by atoms with Crippen LogP contribution in [0.25, 0.3) is 0 Å². The van der Waals surface area contributed by atoms with Crippen molar-refractivity contribution in [3.8, 4) is 34.5 Å². The van der Waals surface area contributed by atoms with Crippen LogP contribution < -0.4 is 9.47 Å². The second-order valence-corrected chi connectivity index (χ2v) is 11.3. The number of esters is 2. The van der Waals surface area contributed by atoms with E-state index in [9.17, 15) is 19.8 Å². The van der Waals surface area contributed by atoms with E-state index < -0.39 is 46.1 Å². The lowest BCUT2D eigenvalue weighted by atomic mass is 9.87. The molecule has 214 valence electrons. The molecule has 0 spiro atoms. The predicted octanol–water partition coefficient (Wildman–Crippen LogP) is 7.63. The van der Waals surface area contributed by atoms with Crippen molar-refractivity contribution in [3.05, 3.63) is 70.8 Å². The van der Waals surface area contributed by atoms with Crippen molar-refractivity contribution >= 4 is 11.9 Å². The molecule has 40 heavy (non-hydrogen) atoms. The summed E-state index contributed by atoms with van der Waals surface area (Å²) in [6.07, 6.45) is 0. The van der Waals surface area contributed by atoms with E-state index in [-0.39, 0.29) is 35.5 Å². The number of phenolic OH excluding ortho intramolecular Hbond substituents is 2. The Morgan fingerprint density at radius 2 is 0.900 bits per heavy atom. The first kappa shape index (κ1) is 30.3. The third-order valence-electron chi connectivity index (χ3n) is 6.20. The van der Waals surface area contributed by atoms with Crippen molar-refractivity contribution in [2.75, 3.05) is 13.2 Å².